The molecule has 0 radical (unpaired) electrons. The van der Waals surface area contributed by atoms with E-state index in [1.165, 1.54) is 20.3 Å². The van der Waals surface area contributed by atoms with Gasteiger partial charge in [-0.2, -0.15) is 0 Å². The van der Waals surface area contributed by atoms with Crippen LogP contribution in [0.3, 0.4) is 0 Å². The second kappa shape index (κ2) is 6.54. The molecule has 0 spiro atoms. The molecule has 2 rings (SSSR count). The maximum atomic E-state index is 13.2. The van der Waals surface area contributed by atoms with Crippen molar-refractivity contribution in [3.8, 4) is 11.5 Å². The summed E-state index contributed by atoms with van der Waals surface area (Å²) < 4.78 is 36.4. The molecular formula is C16H16F2O3. The van der Waals surface area contributed by atoms with Crippen molar-refractivity contribution in [3.05, 3.63) is 59.2 Å². The fraction of sp³-hybridized carbons (Fsp3) is 0.250. The van der Waals surface area contributed by atoms with Crippen molar-refractivity contribution in [2.45, 2.75) is 12.5 Å². The minimum Gasteiger partial charge on any atom is -0.497 e. The Balaban J connectivity index is 2.26. The minimum atomic E-state index is -0.933. The maximum Gasteiger partial charge on any atom is 0.159 e. The summed E-state index contributed by atoms with van der Waals surface area (Å²) in [5.41, 5.74) is 1.02. The van der Waals surface area contributed by atoms with Crippen LogP contribution in [0.4, 0.5) is 8.78 Å². The first-order chi connectivity index (χ1) is 10.0. The molecule has 0 aromatic heterocycles. The van der Waals surface area contributed by atoms with Gasteiger partial charge in [-0.1, -0.05) is 6.07 Å². The average Bonchev–Trinajstić information content (AvgIpc) is 2.50. The van der Waals surface area contributed by atoms with E-state index in [1.807, 2.05) is 0 Å². The molecule has 1 unspecified atom stereocenters. The van der Waals surface area contributed by atoms with Crippen LogP contribution in [0.15, 0.2) is 36.4 Å². The number of halogens is 2. The number of hydrogen-bond donors (Lipinski definition) is 1. The lowest BCUT2D eigenvalue weighted by atomic mass is 10.00. The molecule has 0 saturated carbocycles. The van der Waals surface area contributed by atoms with Gasteiger partial charge in [0.2, 0.25) is 0 Å². The standard InChI is InChI=1S/C16H16F2O3/c1-20-11-4-6-16(21-2)12(9-11)15(19)8-10-3-5-13(17)14(18)7-10/h3-7,9,15,19H,8H2,1-2H3. The first-order valence-electron chi connectivity index (χ1n) is 6.39. The Hall–Kier alpha value is -2.14. The number of aliphatic hydroxyl groups excluding tert-OH is 1. The molecule has 21 heavy (non-hydrogen) atoms. The number of benzene rings is 2. The van der Waals surface area contributed by atoms with Crippen LogP contribution in [0.1, 0.15) is 17.2 Å². The van der Waals surface area contributed by atoms with Gasteiger partial charge in [-0.15, -0.1) is 0 Å². The maximum absolute atomic E-state index is 13.2. The van der Waals surface area contributed by atoms with Gasteiger partial charge in [0.05, 0.1) is 20.3 Å². The highest BCUT2D eigenvalue weighted by Crippen LogP contribution is 2.31. The van der Waals surface area contributed by atoms with Crippen LogP contribution < -0.4 is 9.47 Å². The van der Waals surface area contributed by atoms with Crippen LogP contribution in [0, 0.1) is 11.6 Å². The average molecular weight is 294 g/mol. The van der Waals surface area contributed by atoms with Crippen molar-refractivity contribution >= 4 is 0 Å². The van der Waals surface area contributed by atoms with Crippen molar-refractivity contribution in [1.29, 1.82) is 0 Å². The third-order valence-electron chi connectivity index (χ3n) is 3.21. The van der Waals surface area contributed by atoms with E-state index < -0.39 is 17.7 Å². The monoisotopic (exact) mass is 294 g/mol. The Morgan fingerprint density at radius 3 is 2.38 bits per heavy atom. The van der Waals surface area contributed by atoms with E-state index in [2.05, 4.69) is 0 Å². The summed E-state index contributed by atoms with van der Waals surface area (Å²) in [6, 6.07) is 8.61. The largest absolute Gasteiger partial charge is 0.497 e. The van der Waals surface area contributed by atoms with Gasteiger partial charge < -0.3 is 14.6 Å². The number of aliphatic hydroxyl groups is 1. The molecule has 3 nitrogen and oxygen atoms in total. The Kier molecular flexibility index (Phi) is 4.75. The number of hydrogen-bond acceptors (Lipinski definition) is 3. The van der Waals surface area contributed by atoms with E-state index in [1.54, 1.807) is 18.2 Å². The van der Waals surface area contributed by atoms with Gasteiger partial charge in [0.15, 0.2) is 11.6 Å². The molecule has 1 atom stereocenters. The fourth-order valence-electron chi connectivity index (χ4n) is 2.10. The Morgan fingerprint density at radius 1 is 1.00 bits per heavy atom. The lowest BCUT2D eigenvalue weighted by Crippen LogP contribution is -2.05. The van der Waals surface area contributed by atoms with Crippen molar-refractivity contribution in [2.75, 3.05) is 14.2 Å². The zero-order chi connectivity index (χ0) is 15.4. The number of ether oxygens (including phenoxy) is 2. The smallest absolute Gasteiger partial charge is 0.159 e. The second-order valence-electron chi connectivity index (χ2n) is 4.58. The van der Waals surface area contributed by atoms with Crippen molar-refractivity contribution in [3.63, 3.8) is 0 Å². The van der Waals surface area contributed by atoms with E-state index in [-0.39, 0.29) is 6.42 Å². The van der Waals surface area contributed by atoms with Gasteiger partial charge in [-0.25, -0.2) is 8.78 Å². The molecule has 0 saturated heterocycles. The van der Waals surface area contributed by atoms with Gasteiger partial charge in [-0.05, 0) is 35.9 Å². The van der Waals surface area contributed by atoms with Crippen molar-refractivity contribution in [2.24, 2.45) is 0 Å². The van der Waals surface area contributed by atoms with Crippen LogP contribution in [-0.4, -0.2) is 19.3 Å². The summed E-state index contributed by atoms with van der Waals surface area (Å²) in [7, 11) is 3.02. The molecule has 0 aliphatic rings. The Morgan fingerprint density at radius 2 is 1.76 bits per heavy atom. The number of rotatable bonds is 5. The molecule has 2 aromatic rings. The molecule has 112 valence electrons. The summed E-state index contributed by atoms with van der Waals surface area (Å²) in [6.07, 6.45) is -0.777. The topological polar surface area (TPSA) is 38.7 Å². The highest BCUT2D eigenvalue weighted by Gasteiger charge is 2.16. The molecule has 2 aromatic carbocycles. The predicted molar refractivity (Wildman–Crippen MR) is 74.6 cm³/mol. The lowest BCUT2D eigenvalue weighted by Gasteiger charge is -2.16. The molecular weight excluding hydrogens is 278 g/mol. The van der Waals surface area contributed by atoms with E-state index in [0.717, 1.165) is 12.1 Å². The summed E-state index contributed by atoms with van der Waals surface area (Å²) in [5, 5.41) is 10.3. The molecule has 0 heterocycles. The van der Waals surface area contributed by atoms with Gasteiger partial charge in [0, 0.05) is 12.0 Å². The van der Waals surface area contributed by atoms with Crippen LogP contribution in [0.2, 0.25) is 0 Å². The molecule has 0 fully saturated rings. The Bertz CT molecular complexity index is 629. The normalized spacial score (nSPS) is 12.0. The molecule has 0 amide bonds. The van der Waals surface area contributed by atoms with Gasteiger partial charge in [0.1, 0.15) is 11.5 Å². The summed E-state index contributed by atoms with van der Waals surface area (Å²) in [6.45, 7) is 0. The second-order valence-corrected chi connectivity index (χ2v) is 4.58. The highest BCUT2D eigenvalue weighted by molar-refractivity contribution is 5.42. The first kappa shape index (κ1) is 15.3. The fourth-order valence-corrected chi connectivity index (χ4v) is 2.10. The predicted octanol–water partition coefficient (Wildman–Crippen LogP) is 3.26. The number of methoxy groups -OCH3 is 2. The van der Waals surface area contributed by atoms with Gasteiger partial charge in [-0.3, -0.25) is 0 Å². The summed E-state index contributed by atoms with van der Waals surface area (Å²) >= 11 is 0. The van der Waals surface area contributed by atoms with Crippen LogP contribution in [-0.2, 0) is 6.42 Å². The first-order valence-corrected chi connectivity index (χ1v) is 6.39. The van der Waals surface area contributed by atoms with Crippen molar-refractivity contribution < 1.29 is 23.4 Å². The van der Waals surface area contributed by atoms with E-state index in [9.17, 15) is 13.9 Å². The summed E-state index contributed by atoms with van der Waals surface area (Å²) in [4.78, 5) is 0. The quantitative estimate of drug-likeness (QED) is 0.920. The zero-order valence-electron chi connectivity index (χ0n) is 11.8. The minimum absolute atomic E-state index is 0.140. The van der Waals surface area contributed by atoms with E-state index in [0.29, 0.717) is 22.6 Å². The molecule has 1 N–H and O–H groups in total. The Labute approximate surface area is 121 Å². The highest BCUT2D eigenvalue weighted by atomic mass is 19.2. The van der Waals surface area contributed by atoms with Gasteiger partial charge >= 0.3 is 0 Å². The van der Waals surface area contributed by atoms with E-state index in [4.69, 9.17) is 9.47 Å². The van der Waals surface area contributed by atoms with Gasteiger partial charge in [0.25, 0.3) is 0 Å². The summed E-state index contributed by atoms with van der Waals surface area (Å²) in [5.74, 6) is -0.759. The van der Waals surface area contributed by atoms with Crippen LogP contribution >= 0.6 is 0 Å². The molecule has 0 bridgehead atoms. The third-order valence-corrected chi connectivity index (χ3v) is 3.21. The van der Waals surface area contributed by atoms with E-state index >= 15 is 0 Å². The molecule has 5 heteroatoms. The third kappa shape index (κ3) is 3.49. The lowest BCUT2D eigenvalue weighted by molar-refractivity contribution is 0.173. The van der Waals surface area contributed by atoms with Crippen LogP contribution in [0.25, 0.3) is 0 Å². The zero-order valence-corrected chi connectivity index (χ0v) is 11.8. The molecule has 0 aliphatic carbocycles. The SMILES string of the molecule is COc1ccc(OC)c(C(O)Cc2ccc(F)c(F)c2)c1. The van der Waals surface area contributed by atoms with Crippen LogP contribution in [0.5, 0.6) is 11.5 Å². The molecule has 0 aliphatic heterocycles. The van der Waals surface area contributed by atoms with Crippen molar-refractivity contribution in [1.82, 2.24) is 0 Å².